The van der Waals surface area contributed by atoms with Crippen LogP contribution in [0.5, 0.6) is 5.75 Å². The van der Waals surface area contributed by atoms with Crippen molar-refractivity contribution >= 4 is 17.3 Å². The van der Waals surface area contributed by atoms with E-state index in [4.69, 9.17) is 4.74 Å². The number of fused-ring (bicyclic) bond motifs is 1. The summed E-state index contributed by atoms with van der Waals surface area (Å²) < 4.78 is 5.67. The number of benzene rings is 1. The average Bonchev–Trinajstić information content (AvgIpc) is 3.05. The first-order valence-corrected chi connectivity index (χ1v) is 7.51. The predicted octanol–water partition coefficient (Wildman–Crippen LogP) is 3.24. The van der Waals surface area contributed by atoms with Gasteiger partial charge in [-0.25, -0.2) is 9.78 Å². The normalized spacial score (nSPS) is 20.5. The van der Waals surface area contributed by atoms with Crippen LogP contribution in [0.15, 0.2) is 24.3 Å². The quantitative estimate of drug-likeness (QED) is 0.941. The molecule has 4 rings (SSSR count). The van der Waals surface area contributed by atoms with Crippen molar-refractivity contribution in [3.05, 3.63) is 45.4 Å². The minimum absolute atomic E-state index is 0.0711. The molecule has 2 heterocycles. The number of ether oxygens (including phenoxy) is 1. The van der Waals surface area contributed by atoms with E-state index in [0.29, 0.717) is 17.4 Å². The van der Waals surface area contributed by atoms with Crippen LogP contribution >= 0.6 is 11.3 Å². The summed E-state index contributed by atoms with van der Waals surface area (Å²) in [7, 11) is 0. The number of aromatic nitrogens is 1. The highest BCUT2D eigenvalue weighted by Crippen LogP contribution is 2.46. The smallest absolute Gasteiger partial charge is 0.347 e. The summed E-state index contributed by atoms with van der Waals surface area (Å²) in [5, 5.41) is 10.2. The van der Waals surface area contributed by atoms with Crippen molar-refractivity contribution in [2.45, 2.75) is 24.7 Å². The third-order valence-corrected chi connectivity index (χ3v) is 5.00. The maximum absolute atomic E-state index is 11.4. The number of hydrogen-bond donors (Lipinski definition) is 1. The predicted molar refractivity (Wildman–Crippen MR) is 74.8 cm³/mol. The molecule has 0 spiro atoms. The minimum atomic E-state index is -0.858. The van der Waals surface area contributed by atoms with E-state index in [1.807, 2.05) is 24.3 Å². The van der Waals surface area contributed by atoms with E-state index in [0.717, 1.165) is 34.9 Å². The van der Waals surface area contributed by atoms with Crippen molar-refractivity contribution < 1.29 is 14.6 Å². The summed E-state index contributed by atoms with van der Waals surface area (Å²) in [5.41, 5.74) is 1.89. The number of hydrogen-bond acceptors (Lipinski definition) is 4. The van der Waals surface area contributed by atoms with Crippen molar-refractivity contribution in [2.24, 2.45) is 0 Å². The van der Waals surface area contributed by atoms with E-state index in [9.17, 15) is 9.90 Å². The molecule has 1 saturated carbocycles. The Morgan fingerprint density at radius 1 is 1.35 bits per heavy atom. The maximum Gasteiger partial charge on any atom is 0.347 e. The van der Waals surface area contributed by atoms with E-state index in [1.54, 1.807) is 0 Å². The van der Waals surface area contributed by atoms with Gasteiger partial charge in [0.25, 0.3) is 0 Å². The van der Waals surface area contributed by atoms with Crippen molar-refractivity contribution in [1.29, 1.82) is 0 Å². The number of nitrogens with zero attached hydrogens (tertiary/aromatic N) is 1. The van der Waals surface area contributed by atoms with Gasteiger partial charge < -0.3 is 9.84 Å². The maximum atomic E-state index is 11.4. The van der Waals surface area contributed by atoms with Crippen LogP contribution in [0.2, 0.25) is 0 Å². The molecule has 2 aliphatic rings. The van der Waals surface area contributed by atoms with E-state index >= 15 is 0 Å². The van der Waals surface area contributed by atoms with Gasteiger partial charge in [-0.05, 0) is 18.9 Å². The standard InChI is InChI=1S/C15H13NO3S/c17-15(18)13-12(8-5-6-8)16-14(20-13)10-7-19-11-4-2-1-3-9(10)11/h1-4,8,10H,5-7H2,(H,17,18). The van der Waals surface area contributed by atoms with Gasteiger partial charge in [0.1, 0.15) is 22.2 Å². The molecule has 20 heavy (non-hydrogen) atoms. The molecule has 1 aliphatic carbocycles. The van der Waals surface area contributed by atoms with Crippen LogP contribution in [0.3, 0.4) is 0 Å². The Labute approximate surface area is 120 Å². The van der Waals surface area contributed by atoms with Crippen LogP contribution in [-0.4, -0.2) is 22.7 Å². The molecule has 102 valence electrons. The summed E-state index contributed by atoms with van der Waals surface area (Å²) in [6, 6.07) is 7.91. The second kappa shape index (κ2) is 4.31. The number of carboxylic acid groups (broad SMARTS) is 1. The van der Waals surface area contributed by atoms with Gasteiger partial charge >= 0.3 is 5.97 Å². The summed E-state index contributed by atoms with van der Waals surface area (Å²) in [5.74, 6) is 0.450. The molecule has 0 saturated heterocycles. The largest absolute Gasteiger partial charge is 0.492 e. The summed E-state index contributed by atoms with van der Waals surface area (Å²) >= 11 is 1.31. The zero-order valence-corrected chi connectivity index (χ0v) is 11.5. The molecule has 2 aromatic rings. The lowest BCUT2D eigenvalue weighted by molar-refractivity contribution is 0.0700. The fourth-order valence-corrected chi connectivity index (χ4v) is 3.75. The fourth-order valence-electron chi connectivity index (χ4n) is 2.65. The monoisotopic (exact) mass is 287 g/mol. The van der Waals surface area contributed by atoms with Gasteiger partial charge in [-0.1, -0.05) is 18.2 Å². The third-order valence-electron chi connectivity index (χ3n) is 3.83. The van der Waals surface area contributed by atoms with E-state index in [-0.39, 0.29) is 5.92 Å². The molecule has 5 heteroatoms. The van der Waals surface area contributed by atoms with Crippen LogP contribution in [0.25, 0.3) is 0 Å². The average molecular weight is 287 g/mol. The molecule has 0 radical (unpaired) electrons. The van der Waals surface area contributed by atoms with Crippen LogP contribution in [-0.2, 0) is 0 Å². The van der Waals surface area contributed by atoms with E-state index in [1.165, 1.54) is 11.3 Å². The molecule has 1 unspecified atom stereocenters. The second-order valence-electron chi connectivity index (χ2n) is 5.25. The molecule has 1 fully saturated rings. The lowest BCUT2D eigenvalue weighted by atomic mass is 10.0. The van der Waals surface area contributed by atoms with Gasteiger partial charge in [-0.2, -0.15) is 0 Å². The summed E-state index contributed by atoms with van der Waals surface area (Å²) in [6.45, 7) is 0.552. The number of aromatic carboxylic acids is 1. The molecule has 0 bridgehead atoms. The van der Waals surface area contributed by atoms with E-state index in [2.05, 4.69) is 4.98 Å². The lowest BCUT2D eigenvalue weighted by Gasteiger charge is -2.03. The van der Waals surface area contributed by atoms with Crippen molar-refractivity contribution in [2.75, 3.05) is 6.61 Å². The Morgan fingerprint density at radius 2 is 2.15 bits per heavy atom. The first kappa shape index (κ1) is 11.9. The van der Waals surface area contributed by atoms with Gasteiger partial charge in [0.2, 0.25) is 0 Å². The highest BCUT2D eigenvalue weighted by Gasteiger charge is 2.35. The SMILES string of the molecule is O=C(O)c1sc(C2COc3ccccc32)nc1C1CC1. The highest BCUT2D eigenvalue weighted by atomic mass is 32.1. The van der Waals surface area contributed by atoms with Gasteiger partial charge in [-0.3, -0.25) is 0 Å². The Bertz CT molecular complexity index is 690. The number of thiazole rings is 1. The van der Waals surface area contributed by atoms with Crippen LogP contribution < -0.4 is 4.74 Å². The molecule has 0 amide bonds. The molecular weight excluding hydrogens is 274 g/mol. The van der Waals surface area contributed by atoms with Gasteiger partial charge in [-0.15, -0.1) is 11.3 Å². The molecule has 1 atom stereocenters. The van der Waals surface area contributed by atoms with Crippen LogP contribution in [0, 0.1) is 0 Å². The second-order valence-corrected chi connectivity index (χ2v) is 6.28. The van der Waals surface area contributed by atoms with Gasteiger partial charge in [0, 0.05) is 11.5 Å². The Hall–Kier alpha value is -1.88. The Kier molecular flexibility index (Phi) is 2.57. The van der Waals surface area contributed by atoms with Crippen molar-refractivity contribution in [3.8, 4) is 5.75 Å². The van der Waals surface area contributed by atoms with Crippen molar-refractivity contribution in [1.82, 2.24) is 4.98 Å². The molecule has 1 aromatic heterocycles. The van der Waals surface area contributed by atoms with Crippen LogP contribution in [0.4, 0.5) is 0 Å². The molecule has 1 aliphatic heterocycles. The first-order valence-electron chi connectivity index (χ1n) is 6.69. The number of para-hydroxylation sites is 1. The summed E-state index contributed by atoms with van der Waals surface area (Å²) in [6.07, 6.45) is 2.11. The number of rotatable bonds is 3. The molecule has 1 N–H and O–H groups in total. The molecular formula is C15H13NO3S. The van der Waals surface area contributed by atoms with E-state index < -0.39 is 5.97 Å². The Morgan fingerprint density at radius 3 is 2.90 bits per heavy atom. The zero-order chi connectivity index (χ0) is 13.7. The fraction of sp³-hybridized carbons (Fsp3) is 0.333. The van der Waals surface area contributed by atoms with Gasteiger partial charge in [0.15, 0.2) is 0 Å². The highest BCUT2D eigenvalue weighted by molar-refractivity contribution is 7.13. The number of carbonyl (C=O) groups is 1. The topological polar surface area (TPSA) is 59.4 Å². The lowest BCUT2D eigenvalue weighted by Crippen LogP contribution is -2.02. The zero-order valence-electron chi connectivity index (χ0n) is 10.7. The molecule has 4 nitrogen and oxygen atoms in total. The first-order chi connectivity index (χ1) is 9.74. The third kappa shape index (κ3) is 1.81. The minimum Gasteiger partial charge on any atom is -0.492 e. The van der Waals surface area contributed by atoms with Gasteiger partial charge in [0.05, 0.1) is 11.6 Å². The Balaban J connectivity index is 1.76. The summed E-state index contributed by atoms with van der Waals surface area (Å²) in [4.78, 5) is 16.4. The number of carboxylic acids is 1. The van der Waals surface area contributed by atoms with Crippen LogP contribution in [0.1, 0.15) is 50.6 Å². The van der Waals surface area contributed by atoms with Crippen molar-refractivity contribution in [3.63, 3.8) is 0 Å². The molecule has 1 aromatic carbocycles.